The molecule has 1 fully saturated rings. The third-order valence-electron chi connectivity index (χ3n) is 14.3. The van der Waals surface area contributed by atoms with Crippen LogP contribution in [0.4, 0.5) is 0 Å². The third-order valence-corrected chi connectivity index (χ3v) is 14.3. The van der Waals surface area contributed by atoms with Gasteiger partial charge in [-0.05, 0) is 94.8 Å². The number of benzene rings is 7. The summed E-state index contributed by atoms with van der Waals surface area (Å²) in [5.74, 6) is 1.00. The molecule has 0 amide bonds. The van der Waals surface area contributed by atoms with Crippen molar-refractivity contribution < 1.29 is 0 Å². The van der Waals surface area contributed by atoms with Crippen LogP contribution in [-0.2, 0) is 5.54 Å². The van der Waals surface area contributed by atoms with Gasteiger partial charge in [0, 0.05) is 61.2 Å². The minimum absolute atomic E-state index is 0.0858. The van der Waals surface area contributed by atoms with Gasteiger partial charge in [-0.15, -0.1) is 0 Å². The summed E-state index contributed by atoms with van der Waals surface area (Å²) in [6, 6.07) is 68.7. The largest absolute Gasteiger partial charge is 0.330 e. The van der Waals surface area contributed by atoms with Gasteiger partial charge in [-0.3, -0.25) is 0 Å². The second-order valence-corrected chi connectivity index (χ2v) is 18.0. The van der Waals surface area contributed by atoms with E-state index in [1.54, 1.807) is 0 Å². The van der Waals surface area contributed by atoms with E-state index in [0.717, 1.165) is 34.5 Å². The lowest BCUT2D eigenvalue weighted by Gasteiger charge is -2.25. The van der Waals surface area contributed by atoms with Gasteiger partial charge in [-0.1, -0.05) is 177 Å². The van der Waals surface area contributed by atoms with Crippen molar-refractivity contribution in [3.63, 3.8) is 0 Å². The van der Waals surface area contributed by atoms with Crippen molar-refractivity contribution in [3.8, 4) is 33.6 Å². The predicted molar refractivity (Wildman–Crippen MR) is 268 cm³/mol. The highest BCUT2D eigenvalue weighted by molar-refractivity contribution is 6.11. The Balaban J connectivity index is 0.892. The lowest BCUT2D eigenvalue weighted by atomic mass is 9.82. The van der Waals surface area contributed by atoms with Gasteiger partial charge in [0.15, 0.2) is 0 Å². The Labute approximate surface area is 373 Å². The second-order valence-electron chi connectivity index (χ2n) is 18.0. The van der Waals surface area contributed by atoms with E-state index in [2.05, 4.69) is 241 Å². The fourth-order valence-corrected chi connectivity index (χ4v) is 11.0. The normalized spacial score (nSPS) is 20.2. The van der Waals surface area contributed by atoms with Crippen molar-refractivity contribution >= 4 is 54.9 Å². The lowest BCUT2D eigenvalue weighted by molar-refractivity contribution is 0.603. The van der Waals surface area contributed by atoms with E-state index in [1.165, 1.54) is 71.6 Å². The Kier molecular flexibility index (Phi) is 8.30. The standard InChI is InChI=1S/C61H45N3/c1-40-29-32-49(63-57-25-9-5-21-50(57)51-22-6-10-26-58(51)63)37-54(40)43-18-14-20-45(34-43)56-36-47(41-15-3-2-4-16-41)35-55(62-56)44-19-13-17-42(33-44)46-30-31-48-39-61(48,38-46)64-59-27-11-7-23-52(59)53-24-8-12-28-60(53)64/h2-38,40,48,54H,39H2,1H3. The maximum Gasteiger partial charge on any atom is 0.0715 e. The van der Waals surface area contributed by atoms with E-state index >= 15 is 0 Å². The first-order valence-electron chi connectivity index (χ1n) is 22.7. The monoisotopic (exact) mass is 819 g/mol. The molecule has 0 spiro atoms. The maximum absolute atomic E-state index is 5.49. The quantitative estimate of drug-likeness (QED) is 0.157. The first kappa shape index (κ1) is 36.9. The zero-order chi connectivity index (χ0) is 42.4. The molecule has 10 aromatic rings. The van der Waals surface area contributed by atoms with Gasteiger partial charge in [0.25, 0.3) is 0 Å². The van der Waals surface area contributed by atoms with Crippen LogP contribution in [-0.4, -0.2) is 14.1 Å². The van der Waals surface area contributed by atoms with Crippen LogP contribution in [0.5, 0.6) is 0 Å². The molecule has 0 aliphatic heterocycles. The molecule has 3 nitrogen and oxygen atoms in total. The zero-order valence-electron chi connectivity index (χ0n) is 35.6. The summed E-state index contributed by atoms with van der Waals surface area (Å²) in [7, 11) is 0. The number of nitrogens with zero attached hydrogens (tertiary/aromatic N) is 3. The van der Waals surface area contributed by atoms with Crippen molar-refractivity contribution in [3.05, 3.63) is 236 Å². The number of allylic oxidation sites excluding steroid dienone is 8. The molecule has 0 radical (unpaired) electrons. The zero-order valence-corrected chi connectivity index (χ0v) is 35.6. The number of aromatic nitrogens is 3. The van der Waals surface area contributed by atoms with Gasteiger partial charge >= 0.3 is 0 Å². The van der Waals surface area contributed by atoms with Crippen LogP contribution in [0.3, 0.4) is 0 Å². The average molecular weight is 820 g/mol. The summed E-state index contributed by atoms with van der Waals surface area (Å²) in [4.78, 5) is 5.49. The minimum Gasteiger partial charge on any atom is -0.330 e. The van der Waals surface area contributed by atoms with Crippen LogP contribution >= 0.6 is 0 Å². The average Bonchev–Trinajstić information content (AvgIpc) is 3.86. The first-order chi connectivity index (χ1) is 31.6. The number of hydrogen-bond donors (Lipinski definition) is 0. The van der Waals surface area contributed by atoms with E-state index in [-0.39, 0.29) is 11.5 Å². The summed E-state index contributed by atoms with van der Waals surface area (Å²) in [5.41, 5.74) is 16.4. The molecule has 3 heteroatoms. The van der Waals surface area contributed by atoms with Gasteiger partial charge in [-0.2, -0.15) is 0 Å². The Hall–Kier alpha value is -7.75. The summed E-state index contributed by atoms with van der Waals surface area (Å²) in [6.45, 7) is 2.33. The van der Waals surface area contributed by atoms with Gasteiger partial charge in [0.2, 0.25) is 0 Å². The number of fused-ring (bicyclic) bond motifs is 7. The fourth-order valence-electron chi connectivity index (χ4n) is 11.0. The second kappa shape index (κ2) is 14.4. The summed E-state index contributed by atoms with van der Waals surface area (Å²) < 4.78 is 5.05. The molecule has 3 heterocycles. The molecule has 4 atom stereocenters. The van der Waals surface area contributed by atoms with E-state index in [9.17, 15) is 0 Å². The summed E-state index contributed by atoms with van der Waals surface area (Å²) in [5, 5.41) is 5.20. The van der Waals surface area contributed by atoms with Crippen molar-refractivity contribution in [2.24, 2.45) is 11.8 Å². The topological polar surface area (TPSA) is 22.8 Å². The Morgan fingerprint density at radius 1 is 0.484 bits per heavy atom. The molecular formula is C61H45N3. The molecule has 13 rings (SSSR count). The summed E-state index contributed by atoms with van der Waals surface area (Å²) in [6.07, 6.45) is 15.6. The van der Waals surface area contributed by atoms with Crippen molar-refractivity contribution in [2.45, 2.75) is 24.8 Å². The molecular weight excluding hydrogens is 775 g/mol. The van der Waals surface area contributed by atoms with Crippen molar-refractivity contribution in [2.75, 3.05) is 0 Å². The molecule has 3 aromatic heterocycles. The molecule has 1 saturated carbocycles. The van der Waals surface area contributed by atoms with E-state index in [0.29, 0.717) is 11.8 Å². The Bertz CT molecular complexity index is 3520. The molecule has 304 valence electrons. The number of para-hydroxylation sites is 4. The highest BCUT2D eigenvalue weighted by atomic mass is 15.1. The predicted octanol–water partition coefficient (Wildman–Crippen LogP) is 15.5. The van der Waals surface area contributed by atoms with Crippen LogP contribution in [0, 0.1) is 11.8 Å². The summed E-state index contributed by atoms with van der Waals surface area (Å²) >= 11 is 0. The van der Waals surface area contributed by atoms with Gasteiger partial charge in [0.05, 0.1) is 28.0 Å². The number of hydrogen-bond acceptors (Lipinski definition) is 1. The van der Waals surface area contributed by atoms with Gasteiger partial charge in [0.1, 0.15) is 0 Å². The van der Waals surface area contributed by atoms with E-state index in [4.69, 9.17) is 4.98 Å². The minimum atomic E-state index is -0.0858. The van der Waals surface area contributed by atoms with Gasteiger partial charge in [-0.25, -0.2) is 4.98 Å². The van der Waals surface area contributed by atoms with Crippen molar-refractivity contribution in [1.82, 2.24) is 14.1 Å². The van der Waals surface area contributed by atoms with Crippen LogP contribution in [0.2, 0.25) is 0 Å². The SMILES string of the molecule is CC1C=CC(n2c3ccccc3c3ccccc32)=CC1c1cccc(-c2cc(-c3ccccc3)cc(-c3cccc(C4=CC5(n6c7ccccc7c7ccccc76)CC5C=C4)c3)n2)c1. The van der Waals surface area contributed by atoms with Crippen LogP contribution in [0.15, 0.2) is 225 Å². The molecule has 64 heavy (non-hydrogen) atoms. The number of rotatable bonds is 7. The lowest BCUT2D eigenvalue weighted by Crippen LogP contribution is -2.18. The van der Waals surface area contributed by atoms with Crippen LogP contribution in [0.25, 0.3) is 88.5 Å². The van der Waals surface area contributed by atoms with Crippen LogP contribution in [0.1, 0.15) is 30.4 Å². The number of pyridine rings is 1. The third kappa shape index (κ3) is 5.84. The highest BCUT2D eigenvalue weighted by Gasteiger charge is 2.55. The molecule has 0 bridgehead atoms. The fraction of sp³-hybridized carbons (Fsp3) is 0.0984. The van der Waals surface area contributed by atoms with Crippen LogP contribution < -0.4 is 0 Å². The molecule has 0 saturated heterocycles. The van der Waals surface area contributed by atoms with E-state index < -0.39 is 0 Å². The Morgan fingerprint density at radius 3 is 1.70 bits per heavy atom. The van der Waals surface area contributed by atoms with Crippen molar-refractivity contribution in [1.29, 1.82) is 0 Å². The molecule has 7 aromatic carbocycles. The maximum atomic E-state index is 5.49. The van der Waals surface area contributed by atoms with E-state index in [1.807, 2.05) is 0 Å². The highest BCUT2D eigenvalue weighted by Crippen LogP contribution is 2.58. The first-order valence-corrected chi connectivity index (χ1v) is 22.7. The molecule has 0 N–H and O–H groups in total. The molecule has 3 aliphatic rings. The van der Waals surface area contributed by atoms with Gasteiger partial charge < -0.3 is 9.13 Å². The molecule has 3 aliphatic carbocycles. The molecule has 4 unspecified atom stereocenters. The Morgan fingerprint density at radius 2 is 1.03 bits per heavy atom. The smallest absolute Gasteiger partial charge is 0.0715 e.